The summed E-state index contributed by atoms with van der Waals surface area (Å²) in [6.07, 6.45) is 0. The van der Waals surface area contributed by atoms with Crippen molar-refractivity contribution >= 4 is 33.0 Å². The third kappa shape index (κ3) is 2.45. The summed E-state index contributed by atoms with van der Waals surface area (Å²) in [6, 6.07) is 4.97. The van der Waals surface area contributed by atoms with Gasteiger partial charge < -0.3 is 0 Å². The molecular weight excluding hydrogens is 310 g/mol. The molecule has 17 heavy (non-hydrogen) atoms. The molecule has 1 nitrogen and oxygen atoms in total. The third-order valence-electron chi connectivity index (χ3n) is 2.20. The molecule has 2 aromatic rings. The first-order chi connectivity index (χ1) is 7.99. The van der Waals surface area contributed by atoms with Crippen LogP contribution in [-0.4, -0.2) is 5.78 Å². The first kappa shape index (κ1) is 12.4. The van der Waals surface area contributed by atoms with Crippen molar-refractivity contribution in [1.29, 1.82) is 0 Å². The molecule has 0 saturated heterocycles. The molecule has 1 heterocycles. The van der Waals surface area contributed by atoms with Crippen LogP contribution in [0, 0.1) is 18.6 Å². The summed E-state index contributed by atoms with van der Waals surface area (Å²) in [5.41, 5.74) is 0.145. The molecule has 0 radical (unpaired) electrons. The molecule has 0 aliphatic carbocycles. The van der Waals surface area contributed by atoms with Crippen molar-refractivity contribution in [3.63, 3.8) is 0 Å². The van der Waals surface area contributed by atoms with E-state index in [1.54, 1.807) is 0 Å². The predicted octanol–water partition coefficient (Wildman–Crippen LogP) is 4.33. The zero-order valence-corrected chi connectivity index (χ0v) is 11.2. The molecule has 0 aliphatic rings. The normalized spacial score (nSPS) is 10.6. The molecule has 0 amide bonds. The Kier molecular flexibility index (Phi) is 3.40. The fourth-order valence-corrected chi connectivity index (χ4v) is 3.19. The summed E-state index contributed by atoms with van der Waals surface area (Å²) < 4.78 is 26.5. The highest BCUT2D eigenvalue weighted by molar-refractivity contribution is 9.10. The molecule has 0 unspecified atom stereocenters. The SMILES string of the molecule is Cc1cc(Br)c(C(=O)c2ccc(F)c(F)c2)s1. The molecule has 0 saturated carbocycles. The molecule has 1 aromatic heterocycles. The highest BCUT2D eigenvalue weighted by Gasteiger charge is 2.17. The Morgan fingerprint density at radius 1 is 1.24 bits per heavy atom. The van der Waals surface area contributed by atoms with E-state index in [0.717, 1.165) is 17.0 Å². The molecule has 0 spiro atoms. The molecule has 2 rings (SSSR count). The number of carbonyl (C=O) groups is 1. The zero-order chi connectivity index (χ0) is 12.6. The van der Waals surface area contributed by atoms with Gasteiger partial charge in [0.25, 0.3) is 0 Å². The Bertz CT molecular complexity index is 592. The Morgan fingerprint density at radius 3 is 2.47 bits per heavy atom. The summed E-state index contributed by atoms with van der Waals surface area (Å²) in [4.78, 5) is 13.5. The summed E-state index contributed by atoms with van der Waals surface area (Å²) in [5.74, 6) is -2.28. The van der Waals surface area contributed by atoms with Crippen molar-refractivity contribution in [3.05, 3.63) is 55.7 Å². The third-order valence-corrected chi connectivity index (χ3v) is 4.14. The van der Waals surface area contributed by atoms with Gasteiger partial charge in [-0.25, -0.2) is 8.78 Å². The fraction of sp³-hybridized carbons (Fsp3) is 0.0833. The van der Waals surface area contributed by atoms with Crippen LogP contribution in [0.1, 0.15) is 20.1 Å². The minimum absolute atomic E-state index is 0.145. The second-order valence-electron chi connectivity index (χ2n) is 3.49. The van der Waals surface area contributed by atoms with E-state index in [4.69, 9.17) is 0 Å². The van der Waals surface area contributed by atoms with E-state index < -0.39 is 11.6 Å². The Hall–Kier alpha value is -1.07. The van der Waals surface area contributed by atoms with Gasteiger partial charge >= 0.3 is 0 Å². The fourth-order valence-electron chi connectivity index (χ4n) is 1.41. The van der Waals surface area contributed by atoms with Gasteiger partial charge in [0, 0.05) is 14.9 Å². The van der Waals surface area contributed by atoms with Crippen LogP contribution in [0.15, 0.2) is 28.7 Å². The monoisotopic (exact) mass is 316 g/mol. The molecule has 0 fully saturated rings. The van der Waals surface area contributed by atoms with Crippen LogP contribution in [-0.2, 0) is 0 Å². The maximum atomic E-state index is 13.0. The summed E-state index contributed by atoms with van der Waals surface area (Å²) in [5, 5.41) is 0. The molecule has 0 bridgehead atoms. The first-order valence-electron chi connectivity index (χ1n) is 4.74. The minimum Gasteiger partial charge on any atom is -0.288 e. The number of halogens is 3. The van der Waals surface area contributed by atoms with E-state index in [1.807, 2.05) is 13.0 Å². The highest BCUT2D eigenvalue weighted by atomic mass is 79.9. The molecule has 0 aliphatic heterocycles. The first-order valence-corrected chi connectivity index (χ1v) is 6.35. The van der Waals surface area contributed by atoms with E-state index in [-0.39, 0.29) is 11.3 Å². The maximum absolute atomic E-state index is 13.0. The van der Waals surface area contributed by atoms with Crippen LogP contribution < -0.4 is 0 Å². The molecule has 88 valence electrons. The van der Waals surface area contributed by atoms with E-state index in [1.165, 1.54) is 17.4 Å². The molecular formula is C12H7BrF2OS. The van der Waals surface area contributed by atoms with Crippen LogP contribution in [0.4, 0.5) is 8.78 Å². The molecule has 5 heteroatoms. The van der Waals surface area contributed by atoms with Crippen molar-refractivity contribution in [3.8, 4) is 0 Å². The lowest BCUT2D eigenvalue weighted by Gasteiger charge is -2.00. The van der Waals surface area contributed by atoms with E-state index >= 15 is 0 Å². The summed E-state index contributed by atoms with van der Waals surface area (Å²) in [6.45, 7) is 1.87. The number of rotatable bonds is 2. The lowest BCUT2D eigenvalue weighted by atomic mass is 10.1. The summed E-state index contributed by atoms with van der Waals surface area (Å²) in [7, 11) is 0. The maximum Gasteiger partial charge on any atom is 0.204 e. The smallest absolute Gasteiger partial charge is 0.204 e. The van der Waals surface area contributed by atoms with Crippen molar-refractivity contribution in [2.45, 2.75) is 6.92 Å². The number of aryl methyl sites for hydroxylation is 1. The van der Waals surface area contributed by atoms with Crippen LogP contribution in [0.5, 0.6) is 0 Å². The molecule has 1 aromatic carbocycles. The van der Waals surface area contributed by atoms with Gasteiger partial charge in [0.05, 0.1) is 4.88 Å². The second-order valence-corrected chi connectivity index (χ2v) is 5.60. The van der Waals surface area contributed by atoms with Gasteiger partial charge in [0.1, 0.15) is 0 Å². The van der Waals surface area contributed by atoms with Crippen molar-refractivity contribution in [2.75, 3.05) is 0 Å². The van der Waals surface area contributed by atoms with Gasteiger partial charge in [-0.1, -0.05) is 0 Å². The Morgan fingerprint density at radius 2 is 1.94 bits per heavy atom. The average molecular weight is 317 g/mol. The van der Waals surface area contributed by atoms with Crippen LogP contribution in [0.2, 0.25) is 0 Å². The lowest BCUT2D eigenvalue weighted by molar-refractivity contribution is 0.104. The number of carbonyl (C=O) groups excluding carboxylic acids is 1. The number of hydrogen-bond acceptors (Lipinski definition) is 2. The topological polar surface area (TPSA) is 17.1 Å². The number of benzene rings is 1. The predicted molar refractivity (Wildman–Crippen MR) is 66.5 cm³/mol. The molecule has 0 N–H and O–H groups in total. The number of ketones is 1. The lowest BCUT2D eigenvalue weighted by Crippen LogP contribution is -2.00. The zero-order valence-electron chi connectivity index (χ0n) is 8.76. The summed E-state index contributed by atoms with van der Waals surface area (Å²) >= 11 is 4.58. The largest absolute Gasteiger partial charge is 0.288 e. The van der Waals surface area contributed by atoms with E-state index in [9.17, 15) is 13.6 Å². The quantitative estimate of drug-likeness (QED) is 0.754. The van der Waals surface area contributed by atoms with Gasteiger partial charge in [-0.15, -0.1) is 11.3 Å². The second kappa shape index (κ2) is 4.66. The minimum atomic E-state index is -1.01. The Labute approximate surface area is 109 Å². The van der Waals surface area contributed by atoms with Crippen LogP contribution in [0.3, 0.4) is 0 Å². The van der Waals surface area contributed by atoms with Gasteiger partial charge in [0.2, 0.25) is 5.78 Å². The highest BCUT2D eigenvalue weighted by Crippen LogP contribution is 2.29. The number of thiophene rings is 1. The van der Waals surface area contributed by atoms with Gasteiger partial charge in [-0.05, 0) is 47.1 Å². The van der Waals surface area contributed by atoms with Crippen molar-refractivity contribution < 1.29 is 13.6 Å². The van der Waals surface area contributed by atoms with Gasteiger partial charge in [-0.3, -0.25) is 4.79 Å². The van der Waals surface area contributed by atoms with E-state index in [2.05, 4.69) is 15.9 Å². The molecule has 0 atom stereocenters. The van der Waals surface area contributed by atoms with Gasteiger partial charge in [0.15, 0.2) is 11.6 Å². The van der Waals surface area contributed by atoms with Crippen molar-refractivity contribution in [2.24, 2.45) is 0 Å². The standard InChI is InChI=1S/C12H7BrF2OS/c1-6-4-8(13)12(17-6)11(16)7-2-3-9(14)10(15)5-7/h2-5H,1H3. The van der Waals surface area contributed by atoms with Crippen molar-refractivity contribution in [1.82, 2.24) is 0 Å². The van der Waals surface area contributed by atoms with Crippen LogP contribution >= 0.6 is 27.3 Å². The Balaban J connectivity index is 2.44. The van der Waals surface area contributed by atoms with Crippen LogP contribution in [0.25, 0.3) is 0 Å². The van der Waals surface area contributed by atoms with Gasteiger partial charge in [-0.2, -0.15) is 0 Å². The van der Waals surface area contributed by atoms with E-state index in [0.29, 0.717) is 9.35 Å². The number of hydrogen-bond donors (Lipinski definition) is 0. The average Bonchev–Trinajstić information content (AvgIpc) is 2.61.